The lowest BCUT2D eigenvalue weighted by Gasteiger charge is -2.11. The minimum absolute atomic E-state index is 0.0621. The van der Waals surface area contributed by atoms with Crippen LogP contribution in [0.5, 0.6) is 5.75 Å². The average molecular weight is 254 g/mol. The number of esters is 1. The second kappa shape index (κ2) is 5.87. The fraction of sp³-hybridized carbons (Fsp3) is 0.273. The molecule has 0 saturated heterocycles. The van der Waals surface area contributed by atoms with Gasteiger partial charge in [-0.2, -0.15) is 0 Å². The molecular formula is C11H14N2O5. The molecule has 5 N–H and O–H groups in total. The van der Waals surface area contributed by atoms with Gasteiger partial charge < -0.3 is 26.0 Å². The standard InChI is InChI=1S/C11H14N2O5/c1-18-11(17)9(15)5-13-10(16)7-4-6(14)2-3-8(7)12/h2-4,9,14-15H,5,12H2,1H3,(H,13,16). The Morgan fingerprint density at radius 3 is 2.78 bits per heavy atom. The molecule has 7 heteroatoms. The molecule has 7 nitrogen and oxygen atoms in total. The predicted molar refractivity (Wildman–Crippen MR) is 62.9 cm³/mol. The van der Waals surface area contributed by atoms with Gasteiger partial charge in [-0.3, -0.25) is 4.79 Å². The highest BCUT2D eigenvalue weighted by Gasteiger charge is 2.17. The van der Waals surface area contributed by atoms with Crippen LogP contribution in [-0.4, -0.2) is 41.8 Å². The first-order chi connectivity index (χ1) is 8.45. The number of carbonyl (C=O) groups is 2. The number of benzene rings is 1. The Kier molecular flexibility index (Phi) is 4.50. The number of rotatable bonds is 4. The van der Waals surface area contributed by atoms with Gasteiger partial charge in [0, 0.05) is 5.69 Å². The van der Waals surface area contributed by atoms with E-state index in [0.717, 1.165) is 7.11 Å². The fourth-order valence-corrected chi connectivity index (χ4v) is 1.24. The van der Waals surface area contributed by atoms with Gasteiger partial charge in [0.1, 0.15) is 5.75 Å². The summed E-state index contributed by atoms with van der Waals surface area (Å²) in [5.41, 5.74) is 5.80. The lowest BCUT2D eigenvalue weighted by Crippen LogP contribution is -2.37. The molecule has 0 heterocycles. The number of amides is 1. The monoisotopic (exact) mass is 254 g/mol. The highest BCUT2D eigenvalue weighted by Crippen LogP contribution is 2.18. The second-order valence-corrected chi connectivity index (χ2v) is 3.52. The molecule has 0 spiro atoms. The summed E-state index contributed by atoms with van der Waals surface area (Å²) in [7, 11) is 1.13. The van der Waals surface area contributed by atoms with Crippen LogP contribution in [0.3, 0.4) is 0 Å². The minimum atomic E-state index is -1.45. The Morgan fingerprint density at radius 1 is 1.50 bits per heavy atom. The van der Waals surface area contributed by atoms with E-state index in [4.69, 9.17) is 5.73 Å². The average Bonchev–Trinajstić information content (AvgIpc) is 2.37. The van der Waals surface area contributed by atoms with Crippen LogP contribution in [0.25, 0.3) is 0 Å². The molecule has 0 saturated carbocycles. The van der Waals surface area contributed by atoms with E-state index in [0.29, 0.717) is 0 Å². The summed E-state index contributed by atoms with van der Waals surface area (Å²) in [6.45, 7) is -0.305. The summed E-state index contributed by atoms with van der Waals surface area (Å²) in [5, 5.41) is 20.8. The molecule has 0 bridgehead atoms. The number of aromatic hydroxyl groups is 1. The van der Waals surface area contributed by atoms with Crippen molar-refractivity contribution in [1.82, 2.24) is 5.32 Å². The summed E-state index contributed by atoms with van der Waals surface area (Å²) in [4.78, 5) is 22.6. The van der Waals surface area contributed by atoms with Crippen molar-refractivity contribution in [2.45, 2.75) is 6.10 Å². The Labute approximate surface area is 103 Å². The van der Waals surface area contributed by atoms with E-state index < -0.39 is 18.0 Å². The molecule has 1 rings (SSSR count). The molecule has 18 heavy (non-hydrogen) atoms. The molecule has 0 aliphatic rings. The molecule has 0 aliphatic heterocycles. The van der Waals surface area contributed by atoms with Gasteiger partial charge in [0.25, 0.3) is 5.91 Å². The predicted octanol–water partition coefficient (Wildman–Crippen LogP) is -0.762. The van der Waals surface area contributed by atoms with Gasteiger partial charge in [-0.05, 0) is 18.2 Å². The van der Waals surface area contributed by atoms with Crippen LogP contribution in [0.15, 0.2) is 18.2 Å². The van der Waals surface area contributed by atoms with Crippen molar-refractivity contribution in [3.05, 3.63) is 23.8 Å². The van der Waals surface area contributed by atoms with Gasteiger partial charge in [0.05, 0.1) is 19.2 Å². The first-order valence-electron chi connectivity index (χ1n) is 5.08. The maximum absolute atomic E-state index is 11.7. The van der Waals surface area contributed by atoms with E-state index in [9.17, 15) is 19.8 Å². The van der Waals surface area contributed by atoms with E-state index >= 15 is 0 Å². The van der Waals surface area contributed by atoms with Crippen LogP contribution in [0.2, 0.25) is 0 Å². The number of nitrogen functional groups attached to an aromatic ring is 1. The van der Waals surface area contributed by atoms with Gasteiger partial charge >= 0.3 is 5.97 Å². The highest BCUT2D eigenvalue weighted by molar-refractivity contribution is 5.99. The first-order valence-corrected chi connectivity index (χ1v) is 5.08. The van der Waals surface area contributed by atoms with Gasteiger partial charge in [-0.15, -0.1) is 0 Å². The van der Waals surface area contributed by atoms with Crippen molar-refractivity contribution >= 4 is 17.6 Å². The van der Waals surface area contributed by atoms with Crippen molar-refractivity contribution in [3.63, 3.8) is 0 Å². The Balaban J connectivity index is 2.66. The molecule has 1 amide bonds. The largest absolute Gasteiger partial charge is 0.508 e. The van der Waals surface area contributed by atoms with Crippen LogP contribution in [0, 0.1) is 0 Å². The molecule has 98 valence electrons. The zero-order valence-electron chi connectivity index (χ0n) is 9.71. The van der Waals surface area contributed by atoms with Crippen molar-refractivity contribution < 1.29 is 24.5 Å². The number of nitrogens with one attached hydrogen (secondary N) is 1. The maximum Gasteiger partial charge on any atom is 0.336 e. The molecular weight excluding hydrogens is 240 g/mol. The van der Waals surface area contributed by atoms with Gasteiger partial charge in [-0.25, -0.2) is 4.79 Å². The maximum atomic E-state index is 11.7. The van der Waals surface area contributed by atoms with Gasteiger partial charge in [0.15, 0.2) is 6.10 Å². The highest BCUT2D eigenvalue weighted by atomic mass is 16.5. The zero-order valence-corrected chi connectivity index (χ0v) is 9.71. The van der Waals surface area contributed by atoms with Crippen molar-refractivity contribution in [2.75, 3.05) is 19.4 Å². The summed E-state index contributed by atoms with van der Waals surface area (Å²) in [5.74, 6) is -1.56. The number of carbonyl (C=O) groups excluding carboxylic acids is 2. The number of hydrogen-bond acceptors (Lipinski definition) is 6. The SMILES string of the molecule is COC(=O)C(O)CNC(=O)c1cc(O)ccc1N. The van der Waals surface area contributed by atoms with Crippen LogP contribution in [0.4, 0.5) is 5.69 Å². The van der Waals surface area contributed by atoms with Crippen molar-refractivity contribution in [3.8, 4) is 5.75 Å². The number of phenolic OH excluding ortho intramolecular Hbond substituents is 1. The summed E-state index contributed by atoms with van der Waals surface area (Å²) in [6, 6.07) is 3.91. The normalized spacial score (nSPS) is 11.7. The smallest absolute Gasteiger partial charge is 0.336 e. The molecule has 1 aromatic rings. The third kappa shape index (κ3) is 3.36. The van der Waals surface area contributed by atoms with Gasteiger partial charge in [-0.1, -0.05) is 0 Å². The minimum Gasteiger partial charge on any atom is -0.508 e. The molecule has 1 aromatic carbocycles. The van der Waals surface area contributed by atoms with Gasteiger partial charge in [0.2, 0.25) is 0 Å². The molecule has 1 unspecified atom stereocenters. The van der Waals surface area contributed by atoms with E-state index in [2.05, 4.69) is 10.1 Å². The van der Waals surface area contributed by atoms with Crippen LogP contribution in [0.1, 0.15) is 10.4 Å². The third-order valence-electron chi connectivity index (χ3n) is 2.21. The topological polar surface area (TPSA) is 122 Å². The van der Waals surface area contributed by atoms with Crippen LogP contribution in [-0.2, 0) is 9.53 Å². The van der Waals surface area contributed by atoms with E-state index in [1.54, 1.807) is 0 Å². The van der Waals surface area contributed by atoms with Crippen molar-refractivity contribution in [2.24, 2.45) is 0 Å². The number of nitrogens with two attached hydrogens (primary N) is 1. The van der Waals surface area contributed by atoms with Crippen LogP contribution < -0.4 is 11.1 Å². The molecule has 1 atom stereocenters. The Hall–Kier alpha value is -2.28. The quantitative estimate of drug-likeness (QED) is 0.318. The Morgan fingerprint density at radius 2 is 2.17 bits per heavy atom. The van der Waals surface area contributed by atoms with Crippen molar-refractivity contribution in [1.29, 1.82) is 0 Å². The molecule has 0 radical (unpaired) electrons. The zero-order chi connectivity index (χ0) is 13.7. The number of ether oxygens (including phenoxy) is 1. The molecule has 0 aliphatic carbocycles. The first kappa shape index (κ1) is 13.8. The van der Waals surface area contributed by atoms with E-state index in [-0.39, 0.29) is 23.5 Å². The number of anilines is 1. The third-order valence-corrected chi connectivity index (χ3v) is 2.21. The van der Waals surface area contributed by atoms with E-state index in [1.165, 1.54) is 18.2 Å². The summed E-state index contributed by atoms with van der Waals surface area (Å²) < 4.78 is 4.29. The molecule has 0 fully saturated rings. The molecule has 0 aromatic heterocycles. The van der Waals surface area contributed by atoms with Crippen LogP contribution >= 0.6 is 0 Å². The Bertz CT molecular complexity index is 461. The van der Waals surface area contributed by atoms with E-state index in [1.807, 2.05) is 0 Å². The summed E-state index contributed by atoms with van der Waals surface area (Å²) in [6.07, 6.45) is -1.45. The number of methoxy groups -OCH3 is 1. The lowest BCUT2D eigenvalue weighted by atomic mass is 10.1. The summed E-state index contributed by atoms with van der Waals surface area (Å²) >= 11 is 0. The number of hydrogen-bond donors (Lipinski definition) is 4. The fourth-order valence-electron chi connectivity index (χ4n) is 1.24. The number of phenols is 1. The number of aliphatic hydroxyl groups is 1. The lowest BCUT2D eigenvalue weighted by molar-refractivity contribution is -0.149. The second-order valence-electron chi connectivity index (χ2n) is 3.52. The number of aliphatic hydroxyl groups excluding tert-OH is 1.